The summed E-state index contributed by atoms with van der Waals surface area (Å²) in [6.07, 6.45) is 1.26. The van der Waals surface area contributed by atoms with Crippen LogP contribution < -0.4 is 4.90 Å². The second-order valence-electron chi connectivity index (χ2n) is 6.48. The summed E-state index contributed by atoms with van der Waals surface area (Å²) in [5.74, 6) is -1.42. The van der Waals surface area contributed by atoms with E-state index < -0.39 is 22.2 Å². The average Bonchev–Trinajstić information content (AvgIpc) is 2.63. The van der Waals surface area contributed by atoms with Crippen molar-refractivity contribution in [1.82, 2.24) is 0 Å². The van der Waals surface area contributed by atoms with E-state index in [0.717, 1.165) is 18.4 Å². The van der Waals surface area contributed by atoms with E-state index in [2.05, 4.69) is 0 Å². The second kappa shape index (κ2) is 5.51. The summed E-state index contributed by atoms with van der Waals surface area (Å²) in [6.45, 7) is 0.403. The van der Waals surface area contributed by atoms with Gasteiger partial charge in [-0.25, -0.2) is 0 Å². The van der Waals surface area contributed by atoms with Crippen molar-refractivity contribution in [2.75, 3.05) is 11.4 Å². The Labute approximate surface area is 144 Å². The fourth-order valence-electron chi connectivity index (χ4n) is 3.85. The maximum Gasteiger partial charge on any atom is 0.364 e. The first-order chi connectivity index (χ1) is 12.1. The zero-order valence-corrected chi connectivity index (χ0v) is 13.5. The van der Waals surface area contributed by atoms with E-state index in [-0.39, 0.29) is 12.0 Å². The van der Waals surface area contributed by atoms with Crippen molar-refractivity contribution in [3.05, 3.63) is 75.3 Å². The SMILES string of the molecule is O=C1c2cccc3c2N(CCC3)C(=O)C1(Cc1ccccc1)[N+](=O)[O-]. The van der Waals surface area contributed by atoms with Gasteiger partial charge in [-0.2, -0.15) is 0 Å². The molecule has 2 aliphatic rings. The molecule has 0 bridgehead atoms. The van der Waals surface area contributed by atoms with Gasteiger partial charge in [0.1, 0.15) is 0 Å². The predicted octanol–water partition coefficient (Wildman–Crippen LogP) is 2.42. The highest BCUT2D eigenvalue weighted by atomic mass is 16.6. The number of ketones is 1. The lowest BCUT2D eigenvalue weighted by molar-refractivity contribution is -0.533. The van der Waals surface area contributed by atoms with Gasteiger partial charge in [-0.15, -0.1) is 0 Å². The Balaban J connectivity index is 1.92. The van der Waals surface area contributed by atoms with Crippen LogP contribution >= 0.6 is 0 Å². The number of carbonyl (C=O) groups excluding carboxylic acids is 2. The van der Waals surface area contributed by atoms with Crippen LogP contribution in [0.1, 0.15) is 27.9 Å². The van der Waals surface area contributed by atoms with Crippen LogP contribution in [0, 0.1) is 10.1 Å². The molecular formula is C19H16N2O4. The molecule has 0 spiro atoms. The van der Waals surface area contributed by atoms with Crippen molar-refractivity contribution in [1.29, 1.82) is 0 Å². The van der Waals surface area contributed by atoms with Gasteiger partial charge in [-0.3, -0.25) is 19.7 Å². The van der Waals surface area contributed by atoms with Crippen molar-refractivity contribution in [2.45, 2.75) is 24.8 Å². The first-order valence-electron chi connectivity index (χ1n) is 8.23. The molecule has 2 heterocycles. The number of aryl methyl sites for hydroxylation is 1. The molecule has 2 aliphatic heterocycles. The third kappa shape index (κ3) is 2.10. The summed E-state index contributed by atoms with van der Waals surface area (Å²) in [5.41, 5.74) is 0.0583. The number of carbonyl (C=O) groups is 2. The highest BCUT2D eigenvalue weighted by Gasteiger charge is 2.63. The van der Waals surface area contributed by atoms with E-state index in [1.54, 1.807) is 42.5 Å². The number of para-hydroxylation sites is 1. The van der Waals surface area contributed by atoms with Crippen molar-refractivity contribution < 1.29 is 14.5 Å². The smallest absolute Gasteiger partial charge is 0.305 e. The van der Waals surface area contributed by atoms with E-state index in [4.69, 9.17) is 0 Å². The van der Waals surface area contributed by atoms with Crippen LogP contribution in [0.3, 0.4) is 0 Å². The number of nitro groups is 1. The standard InChI is InChI=1S/C19H16N2O4/c22-17-15-10-4-8-14-9-5-11-20(16(14)15)18(23)19(17,21(24)25)12-13-6-2-1-3-7-13/h1-4,6-8,10H,5,9,11-12H2. The number of rotatable bonds is 3. The lowest BCUT2D eigenvalue weighted by Gasteiger charge is -2.39. The minimum Gasteiger partial charge on any atom is -0.305 e. The Bertz CT molecular complexity index is 894. The summed E-state index contributed by atoms with van der Waals surface area (Å²) in [7, 11) is 0. The van der Waals surface area contributed by atoms with Gasteiger partial charge in [0.05, 0.1) is 12.1 Å². The lowest BCUT2D eigenvalue weighted by atomic mass is 9.77. The Morgan fingerprint density at radius 1 is 1.08 bits per heavy atom. The zero-order valence-electron chi connectivity index (χ0n) is 13.5. The fraction of sp³-hybridized carbons (Fsp3) is 0.263. The van der Waals surface area contributed by atoms with Gasteiger partial charge < -0.3 is 4.90 Å². The third-order valence-electron chi connectivity index (χ3n) is 5.05. The van der Waals surface area contributed by atoms with Gasteiger partial charge in [0.25, 0.3) is 5.78 Å². The van der Waals surface area contributed by atoms with Gasteiger partial charge in [0.15, 0.2) is 0 Å². The van der Waals surface area contributed by atoms with Crippen LogP contribution in [-0.2, 0) is 17.6 Å². The van der Waals surface area contributed by atoms with Crippen LogP contribution in [0.2, 0.25) is 0 Å². The number of benzene rings is 2. The second-order valence-corrected chi connectivity index (χ2v) is 6.48. The van der Waals surface area contributed by atoms with Crippen molar-refractivity contribution in [3.63, 3.8) is 0 Å². The average molecular weight is 336 g/mol. The number of Topliss-reactive ketones (excluding diaryl/α,β-unsaturated/α-hetero) is 1. The van der Waals surface area contributed by atoms with Gasteiger partial charge >= 0.3 is 11.4 Å². The first kappa shape index (κ1) is 15.5. The molecule has 1 amide bonds. The molecule has 0 aliphatic carbocycles. The van der Waals surface area contributed by atoms with Crippen molar-refractivity contribution >= 4 is 17.4 Å². The zero-order chi connectivity index (χ0) is 17.6. The largest absolute Gasteiger partial charge is 0.364 e. The lowest BCUT2D eigenvalue weighted by Crippen LogP contribution is -2.64. The van der Waals surface area contributed by atoms with Gasteiger partial charge in [-0.05, 0) is 30.0 Å². The normalized spacial score (nSPS) is 21.8. The molecule has 0 radical (unpaired) electrons. The van der Waals surface area contributed by atoms with Gasteiger partial charge in [0, 0.05) is 17.0 Å². The minimum absolute atomic E-state index is 0.237. The summed E-state index contributed by atoms with van der Waals surface area (Å²) in [5, 5.41) is 12.0. The van der Waals surface area contributed by atoms with E-state index in [9.17, 15) is 19.7 Å². The molecular weight excluding hydrogens is 320 g/mol. The number of anilines is 1. The molecule has 4 rings (SSSR count). The molecule has 0 fully saturated rings. The number of nitrogens with zero attached hydrogens (tertiary/aromatic N) is 2. The Morgan fingerprint density at radius 3 is 2.56 bits per heavy atom. The Morgan fingerprint density at radius 2 is 1.84 bits per heavy atom. The monoisotopic (exact) mass is 336 g/mol. The van der Waals surface area contributed by atoms with Gasteiger partial charge in [0.2, 0.25) is 0 Å². The molecule has 0 saturated heterocycles. The van der Waals surface area contributed by atoms with E-state index >= 15 is 0 Å². The highest BCUT2D eigenvalue weighted by molar-refractivity contribution is 6.27. The molecule has 0 saturated carbocycles. The Kier molecular flexibility index (Phi) is 3.42. The van der Waals surface area contributed by atoms with E-state index in [1.165, 1.54) is 4.90 Å². The molecule has 1 unspecified atom stereocenters. The van der Waals surface area contributed by atoms with Gasteiger partial charge in [-0.1, -0.05) is 42.5 Å². The number of amides is 1. The maximum atomic E-state index is 13.1. The number of hydrogen-bond donors (Lipinski definition) is 0. The van der Waals surface area contributed by atoms with Crippen LogP contribution in [0.25, 0.3) is 0 Å². The molecule has 25 heavy (non-hydrogen) atoms. The van der Waals surface area contributed by atoms with Crippen molar-refractivity contribution in [3.8, 4) is 0 Å². The van der Waals surface area contributed by atoms with E-state index in [0.29, 0.717) is 17.8 Å². The quantitative estimate of drug-likeness (QED) is 0.490. The van der Waals surface area contributed by atoms with Crippen LogP contribution in [0.4, 0.5) is 5.69 Å². The molecule has 6 nitrogen and oxygen atoms in total. The minimum atomic E-state index is -2.29. The molecule has 6 heteroatoms. The Hall–Kier alpha value is -3.02. The molecule has 2 aromatic rings. The first-order valence-corrected chi connectivity index (χ1v) is 8.23. The molecule has 0 N–H and O–H groups in total. The molecule has 1 atom stereocenters. The van der Waals surface area contributed by atoms with Crippen LogP contribution in [0.15, 0.2) is 48.5 Å². The third-order valence-corrected chi connectivity index (χ3v) is 5.05. The number of hydrogen-bond acceptors (Lipinski definition) is 4. The van der Waals surface area contributed by atoms with Crippen LogP contribution in [0.5, 0.6) is 0 Å². The summed E-state index contributed by atoms with van der Waals surface area (Å²) in [6, 6.07) is 13.9. The summed E-state index contributed by atoms with van der Waals surface area (Å²) in [4.78, 5) is 39.0. The fourth-order valence-corrected chi connectivity index (χ4v) is 3.85. The molecule has 2 aromatic carbocycles. The van der Waals surface area contributed by atoms with Crippen molar-refractivity contribution in [2.24, 2.45) is 0 Å². The van der Waals surface area contributed by atoms with Crippen LogP contribution in [-0.4, -0.2) is 28.7 Å². The van der Waals surface area contributed by atoms with E-state index in [1.807, 2.05) is 6.07 Å². The summed E-state index contributed by atoms with van der Waals surface area (Å²) < 4.78 is 0. The molecule has 0 aromatic heterocycles. The highest BCUT2D eigenvalue weighted by Crippen LogP contribution is 2.41. The topological polar surface area (TPSA) is 80.5 Å². The summed E-state index contributed by atoms with van der Waals surface area (Å²) >= 11 is 0. The molecule has 126 valence electrons. The maximum absolute atomic E-state index is 13.1. The predicted molar refractivity (Wildman–Crippen MR) is 91.3 cm³/mol.